The zero-order valence-corrected chi connectivity index (χ0v) is 24.5. The summed E-state index contributed by atoms with van der Waals surface area (Å²) in [5.41, 5.74) is 2.61. The molecule has 0 fully saturated rings. The molecule has 3 aromatic carbocycles. The third-order valence-corrected chi connectivity index (χ3v) is 7.55. The Balaban J connectivity index is 1.49. The van der Waals surface area contributed by atoms with Gasteiger partial charge >= 0.3 is 11.9 Å². The highest BCUT2D eigenvalue weighted by atomic mass is 35.5. The summed E-state index contributed by atoms with van der Waals surface area (Å²) in [6, 6.07) is 18.7. The molecule has 0 heterocycles. The maximum Gasteiger partial charge on any atom is 0.343 e. The Morgan fingerprint density at radius 2 is 1.27 bits per heavy atom. The van der Waals surface area contributed by atoms with Gasteiger partial charge < -0.3 is 9.47 Å². The molecular formula is C34H40ClFO4. The first-order valence-electron chi connectivity index (χ1n) is 14.4. The van der Waals surface area contributed by atoms with Crippen LogP contribution < -0.4 is 9.47 Å². The van der Waals surface area contributed by atoms with Crippen LogP contribution in [0.5, 0.6) is 11.5 Å². The number of carbonyl (C=O) groups is 2. The summed E-state index contributed by atoms with van der Waals surface area (Å²) >= 11 is 6.06. The molecule has 0 aliphatic rings. The van der Waals surface area contributed by atoms with Crippen molar-refractivity contribution in [2.24, 2.45) is 5.92 Å². The van der Waals surface area contributed by atoms with E-state index < -0.39 is 17.3 Å². The van der Waals surface area contributed by atoms with Crippen molar-refractivity contribution in [3.8, 4) is 22.6 Å². The SMILES string of the molecule is CCCCCCCCCCc1ccc(C(=O)Oc2ccc(-c3ccc(OC(=O)C(Cl)C(C)C)cc3)cc2)cc1F. The summed E-state index contributed by atoms with van der Waals surface area (Å²) in [5.74, 6) is -0.688. The topological polar surface area (TPSA) is 52.6 Å². The lowest BCUT2D eigenvalue weighted by Gasteiger charge is -2.12. The third kappa shape index (κ3) is 9.78. The molecule has 0 amide bonds. The first-order valence-corrected chi connectivity index (χ1v) is 14.8. The van der Waals surface area contributed by atoms with E-state index in [-0.39, 0.29) is 17.3 Å². The highest BCUT2D eigenvalue weighted by Crippen LogP contribution is 2.26. The van der Waals surface area contributed by atoms with E-state index in [1.165, 1.54) is 44.6 Å². The van der Waals surface area contributed by atoms with Crippen LogP contribution >= 0.6 is 11.6 Å². The molecule has 40 heavy (non-hydrogen) atoms. The van der Waals surface area contributed by atoms with Crippen molar-refractivity contribution in [3.63, 3.8) is 0 Å². The standard InChI is InChI=1S/C34H40ClFO4/c1-4-5-6-7-8-9-10-11-12-27-13-14-28(23-31(27)36)33(37)39-29-19-15-25(16-20-29)26-17-21-30(22-18-26)40-34(38)32(35)24(2)3/h13-24,32H,4-12H2,1-3H3. The minimum Gasteiger partial charge on any atom is -0.425 e. The molecule has 1 unspecified atom stereocenters. The quantitative estimate of drug-likeness (QED) is 0.0795. The van der Waals surface area contributed by atoms with Crippen LogP contribution in [-0.2, 0) is 11.2 Å². The molecule has 214 valence electrons. The van der Waals surface area contributed by atoms with Crippen molar-refractivity contribution in [1.29, 1.82) is 0 Å². The van der Waals surface area contributed by atoms with Crippen molar-refractivity contribution in [1.82, 2.24) is 0 Å². The van der Waals surface area contributed by atoms with Gasteiger partial charge in [0.25, 0.3) is 0 Å². The molecule has 1 atom stereocenters. The molecule has 0 aliphatic heterocycles. The van der Waals surface area contributed by atoms with E-state index in [0.29, 0.717) is 23.5 Å². The van der Waals surface area contributed by atoms with Crippen molar-refractivity contribution in [3.05, 3.63) is 83.7 Å². The summed E-state index contributed by atoms with van der Waals surface area (Å²) in [7, 11) is 0. The Bertz CT molecular complexity index is 1220. The van der Waals surface area contributed by atoms with Gasteiger partial charge in [0.05, 0.1) is 5.56 Å². The zero-order valence-electron chi connectivity index (χ0n) is 23.8. The summed E-state index contributed by atoms with van der Waals surface area (Å²) in [5, 5.41) is -0.705. The van der Waals surface area contributed by atoms with Crippen LogP contribution in [0.3, 0.4) is 0 Å². The van der Waals surface area contributed by atoms with Gasteiger partial charge in [-0.25, -0.2) is 9.18 Å². The maximum atomic E-state index is 14.6. The van der Waals surface area contributed by atoms with E-state index in [4.69, 9.17) is 21.1 Å². The van der Waals surface area contributed by atoms with Crippen molar-refractivity contribution in [2.45, 2.75) is 83.9 Å². The number of hydrogen-bond acceptors (Lipinski definition) is 4. The number of ether oxygens (including phenoxy) is 2. The molecule has 0 aliphatic carbocycles. The number of hydrogen-bond donors (Lipinski definition) is 0. The number of unbranched alkanes of at least 4 members (excludes halogenated alkanes) is 7. The van der Waals surface area contributed by atoms with E-state index in [9.17, 15) is 14.0 Å². The van der Waals surface area contributed by atoms with Crippen molar-refractivity contribution < 1.29 is 23.5 Å². The molecule has 0 bridgehead atoms. The maximum absolute atomic E-state index is 14.6. The van der Waals surface area contributed by atoms with Gasteiger partial charge in [-0.15, -0.1) is 11.6 Å². The lowest BCUT2D eigenvalue weighted by molar-refractivity contribution is -0.134. The van der Waals surface area contributed by atoms with E-state index in [1.54, 1.807) is 36.4 Å². The van der Waals surface area contributed by atoms with Gasteiger partial charge in [0.2, 0.25) is 0 Å². The van der Waals surface area contributed by atoms with Crippen molar-refractivity contribution in [2.75, 3.05) is 0 Å². The predicted molar refractivity (Wildman–Crippen MR) is 160 cm³/mol. The molecule has 0 radical (unpaired) electrons. The largest absolute Gasteiger partial charge is 0.425 e. The average Bonchev–Trinajstić information content (AvgIpc) is 2.95. The van der Waals surface area contributed by atoms with Gasteiger partial charge in [-0.3, -0.25) is 4.79 Å². The lowest BCUT2D eigenvalue weighted by atomic mass is 10.0. The number of halogens is 2. The molecule has 0 spiro atoms. The summed E-state index contributed by atoms with van der Waals surface area (Å²) in [6.07, 6.45) is 10.3. The number of carbonyl (C=O) groups excluding carboxylic acids is 2. The number of benzene rings is 3. The molecule has 4 nitrogen and oxygen atoms in total. The van der Waals surface area contributed by atoms with Gasteiger partial charge in [0, 0.05) is 0 Å². The Morgan fingerprint density at radius 3 is 1.80 bits per heavy atom. The van der Waals surface area contributed by atoms with Gasteiger partial charge in [-0.05, 0) is 71.8 Å². The van der Waals surface area contributed by atoms with E-state index in [0.717, 1.165) is 24.0 Å². The third-order valence-electron chi connectivity index (χ3n) is 6.87. The second-order valence-corrected chi connectivity index (χ2v) is 11.0. The first-order chi connectivity index (χ1) is 19.3. The molecule has 0 saturated heterocycles. The highest BCUT2D eigenvalue weighted by Gasteiger charge is 2.21. The van der Waals surface area contributed by atoms with Gasteiger partial charge in [-0.2, -0.15) is 0 Å². The van der Waals surface area contributed by atoms with Crippen LogP contribution in [0.1, 0.15) is 88.1 Å². The molecule has 6 heteroatoms. The van der Waals surface area contributed by atoms with E-state index in [2.05, 4.69) is 6.92 Å². The van der Waals surface area contributed by atoms with Gasteiger partial charge in [0.15, 0.2) is 0 Å². The van der Waals surface area contributed by atoms with Crippen LogP contribution in [0, 0.1) is 11.7 Å². The fraction of sp³-hybridized carbons (Fsp3) is 0.412. The Labute approximate surface area is 242 Å². The van der Waals surface area contributed by atoms with Crippen LogP contribution in [0.2, 0.25) is 0 Å². The highest BCUT2D eigenvalue weighted by molar-refractivity contribution is 6.30. The molecule has 0 N–H and O–H groups in total. The summed E-state index contributed by atoms with van der Waals surface area (Å²) in [4.78, 5) is 24.7. The minimum atomic E-state index is -0.705. The lowest BCUT2D eigenvalue weighted by Crippen LogP contribution is -2.25. The average molecular weight is 567 g/mol. The number of aryl methyl sites for hydroxylation is 1. The van der Waals surface area contributed by atoms with E-state index >= 15 is 0 Å². The van der Waals surface area contributed by atoms with Gasteiger partial charge in [-0.1, -0.05) is 96.0 Å². The molecule has 3 aromatic rings. The number of rotatable bonds is 15. The number of esters is 2. The van der Waals surface area contributed by atoms with Crippen LogP contribution in [0.4, 0.5) is 4.39 Å². The monoisotopic (exact) mass is 566 g/mol. The van der Waals surface area contributed by atoms with Gasteiger partial charge in [0.1, 0.15) is 22.7 Å². The zero-order chi connectivity index (χ0) is 28.9. The normalized spacial score (nSPS) is 11.8. The fourth-order valence-electron chi connectivity index (χ4n) is 4.37. The number of alkyl halides is 1. The summed E-state index contributed by atoms with van der Waals surface area (Å²) < 4.78 is 25.4. The summed E-state index contributed by atoms with van der Waals surface area (Å²) in [6.45, 7) is 5.93. The first kappa shape index (κ1) is 31.3. The molecular weight excluding hydrogens is 527 g/mol. The predicted octanol–water partition coefficient (Wildman–Crippen LogP) is 9.56. The second kappa shape index (κ2) is 16.2. The molecule has 0 aromatic heterocycles. The van der Waals surface area contributed by atoms with Crippen LogP contribution in [-0.4, -0.2) is 17.3 Å². The smallest absolute Gasteiger partial charge is 0.343 e. The Kier molecular flexibility index (Phi) is 12.7. The van der Waals surface area contributed by atoms with Crippen molar-refractivity contribution >= 4 is 23.5 Å². The fourth-order valence-corrected chi connectivity index (χ4v) is 4.41. The van der Waals surface area contributed by atoms with Crippen LogP contribution in [0.15, 0.2) is 66.7 Å². The minimum absolute atomic E-state index is 0.0241. The Hall–Kier alpha value is -3.18. The molecule has 3 rings (SSSR count). The Morgan fingerprint density at radius 1 is 0.750 bits per heavy atom. The second-order valence-electron chi connectivity index (χ2n) is 10.5. The molecule has 0 saturated carbocycles. The van der Waals surface area contributed by atoms with E-state index in [1.807, 2.05) is 38.1 Å². The van der Waals surface area contributed by atoms with Crippen LogP contribution in [0.25, 0.3) is 11.1 Å².